The number of nitrogens with two attached hydrogens (primary N) is 1. The second-order valence-electron chi connectivity index (χ2n) is 7.81. The molecule has 0 radical (unpaired) electrons. The minimum Gasteiger partial charge on any atom is -0.479 e. The van der Waals surface area contributed by atoms with Crippen LogP contribution >= 0.6 is 11.6 Å². The second kappa shape index (κ2) is 9.29. The zero-order chi connectivity index (χ0) is 22.8. The number of rotatable bonds is 6. The number of nitrogens with zero attached hydrogens (tertiary/aromatic N) is 2. The number of carboxylic acid groups (broad SMARTS) is 1. The highest BCUT2D eigenvalue weighted by molar-refractivity contribution is 7.89. The minimum absolute atomic E-state index is 0.0494. The first-order valence-electron chi connectivity index (χ1n) is 9.90. The summed E-state index contributed by atoms with van der Waals surface area (Å²) < 4.78 is 33.4. The summed E-state index contributed by atoms with van der Waals surface area (Å²) in [5.41, 5.74) is 3.39. The molecule has 1 aromatic rings. The molecule has 0 aromatic heterocycles. The molecule has 2 atom stereocenters. The second-order valence-corrected chi connectivity index (χ2v) is 10.3. The fourth-order valence-corrected chi connectivity index (χ4v) is 6.37. The maximum absolute atomic E-state index is 13.2. The Kier molecular flexibility index (Phi) is 7.11. The lowest BCUT2D eigenvalue weighted by molar-refractivity contribution is -0.162. The van der Waals surface area contributed by atoms with E-state index in [2.05, 4.69) is 0 Å². The van der Waals surface area contributed by atoms with Gasteiger partial charge in [0.05, 0.1) is 19.3 Å². The van der Waals surface area contributed by atoms with E-state index >= 15 is 0 Å². The summed E-state index contributed by atoms with van der Waals surface area (Å²) >= 11 is 6.12. The number of halogens is 1. The summed E-state index contributed by atoms with van der Waals surface area (Å²) in [7, 11) is -4.14. The molecule has 0 aliphatic carbocycles. The van der Waals surface area contributed by atoms with Crippen molar-refractivity contribution in [1.82, 2.24) is 9.21 Å². The Bertz CT molecular complexity index is 936. The number of carboxylic acids is 1. The van der Waals surface area contributed by atoms with Crippen LogP contribution in [0.3, 0.4) is 0 Å². The van der Waals surface area contributed by atoms with E-state index in [0.29, 0.717) is 24.5 Å². The minimum atomic E-state index is -4.14. The Labute approximate surface area is 185 Å². The normalized spacial score (nSPS) is 26.0. The third kappa shape index (κ3) is 4.96. The Balaban J connectivity index is 1.64. The molecular formula is C19H26ClN3O7S. The van der Waals surface area contributed by atoms with E-state index < -0.39 is 39.4 Å². The summed E-state index contributed by atoms with van der Waals surface area (Å²) in [6.45, 7) is -0.144. The maximum atomic E-state index is 13.2. The average molecular weight is 476 g/mol. The SMILES string of the molecule is NC(=O)N1CCC(S(=O)(=O)N2CCC(OCc3ccccc3Cl)CC2)C(O)(C(=O)O)C1. The standard InChI is InChI=1S/C19H26ClN3O7S/c20-15-4-2-1-3-13(15)11-30-14-5-9-23(10-6-14)31(28,29)16-7-8-22(18(21)26)12-19(16,27)17(24)25/h1-4,14,16,27H,5-12H2,(H2,21,26)(H,24,25). The molecule has 2 amide bonds. The molecule has 31 heavy (non-hydrogen) atoms. The molecule has 2 aliphatic rings. The molecule has 1 aromatic carbocycles. The Morgan fingerprint density at radius 2 is 1.84 bits per heavy atom. The monoisotopic (exact) mass is 475 g/mol. The fourth-order valence-electron chi connectivity index (χ4n) is 4.03. The number of benzene rings is 1. The third-order valence-corrected chi connectivity index (χ3v) is 8.66. The lowest BCUT2D eigenvalue weighted by Gasteiger charge is -2.43. The highest BCUT2D eigenvalue weighted by atomic mass is 35.5. The van der Waals surface area contributed by atoms with Gasteiger partial charge < -0.3 is 25.6 Å². The summed E-state index contributed by atoms with van der Waals surface area (Å²) in [5, 5.41) is 19.2. The fraction of sp³-hybridized carbons (Fsp3) is 0.579. The van der Waals surface area contributed by atoms with Crippen molar-refractivity contribution >= 4 is 33.6 Å². The number of carbonyl (C=O) groups excluding carboxylic acids is 1. The van der Waals surface area contributed by atoms with Gasteiger partial charge in [0.25, 0.3) is 0 Å². The van der Waals surface area contributed by atoms with Crippen LogP contribution in [0.2, 0.25) is 5.02 Å². The van der Waals surface area contributed by atoms with Crippen molar-refractivity contribution in [2.75, 3.05) is 26.2 Å². The zero-order valence-electron chi connectivity index (χ0n) is 16.8. The van der Waals surface area contributed by atoms with E-state index in [4.69, 9.17) is 22.1 Å². The molecule has 0 bridgehead atoms. The van der Waals surface area contributed by atoms with Crippen LogP contribution in [0.4, 0.5) is 4.79 Å². The summed E-state index contributed by atoms with van der Waals surface area (Å²) in [5.74, 6) is -1.70. The van der Waals surface area contributed by atoms with Gasteiger partial charge in [-0.3, -0.25) is 0 Å². The number of piperidine rings is 2. The van der Waals surface area contributed by atoms with Crippen LogP contribution in [0.25, 0.3) is 0 Å². The molecule has 3 rings (SSSR count). The lowest BCUT2D eigenvalue weighted by Crippen LogP contribution is -2.67. The Morgan fingerprint density at radius 3 is 2.42 bits per heavy atom. The predicted molar refractivity (Wildman–Crippen MR) is 112 cm³/mol. The molecule has 12 heteroatoms. The van der Waals surface area contributed by atoms with E-state index in [-0.39, 0.29) is 32.2 Å². The quantitative estimate of drug-likeness (QED) is 0.545. The van der Waals surface area contributed by atoms with Crippen molar-refractivity contribution in [3.05, 3.63) is 34.9 Å². The molecule has 10 nitrogen and oxygen atoms in total. The van der Waals surface area contributed by atoms with Crippen molar-refractivity contribution in [3.8, 4) is 0 Å². The van der Waals surface area contributed by atoms with Gasteiger partial charge in [0.15, 0.2) is 5.60 Å². The van der Waals surface area contributed by atoms with Crippen molar-refractivity contribution in [2.24, 2.45) is 5.73 Å². The molecule has 2 unspecified atom stereocenters. The molecule has 2 fully saturated rings. The molecule has 4 N–H and O–H groups in total. The molecule has 0 saturated carbocycles. The van der Waals surface area contributed by atoms with Gasteiger partial charge in [-0.1, -0.05) is 29.8 Å². The van der Waals surface area contributed by atoms with E-state index in [1.807, 2.05) is 18.2 Å². The van der Waals surface area contributed by atoms with Gasteiger partial charge in [0.2, 0.25) is 10.0 Å². The number of primary amides is 1. The third-order valence-electron chi connectivity index (χ3n) is 5.86. The van der Waals surface area contributed by atoms with Crippen LogP contribution in [0, 0.1) is 0 Å². The van der Waals surface area contributed by atoms with Crippen LogP contribution < -0.4 is 5.73 Å². The lowest BCUT2D eigenvalue weighted by atomic mass is 9.92. The molecule has 2 saturated heterocycles. The number of urea groups is 1. The first-order valence-corrected chi connectivity index (χ1v) is 11.8. The number of carbonyl (C=O) groups is 2. The van der Waals surface area contributed by atoms with Gasteiger partial charge in [-0.25, -0.2) is 22.3 Å². The molecule has 2 aliphatic heterocycles. The zero-order valence-corrected chi connectivity index (χ0v) is 18.4. The van der Waals surface area contributed by atoms with Gasteiger partial charge in [0, 0.05) is 24.7 Å². The van der Waals surface area contributed by atoms with Crippen LogP contribution in [0.5, 0.6) is 0 Å². The Hall–Kier alpha value is -1.92. The average Bonchev–Trinajstić information content (AvgIpc) is 2.73. The number of β-amino-alcohol motifs (C(OH)–C–C–N with tert-alkyl or cyclic N) is 1. The molecule has 0 spiro atoms. The van der Waals surface area contributed by atoms with Gasteiger partial charge >= 0.3 is 12.0 Å². The van der Waals surface area contributed by atoms with Crippen LogP contribution in [0.1, 0.15) is 24.8 Å². The number of hydrogen-bond acceptors (Lipinski definition) is 6. The van der Waals surface area contributed by atoms with E-state index in [0.717, 1.165) is 10.5 Å². The topological polar surface area (TPSA) is 150 Å². The number of likely N-dealkylation sites (tertiary alicyclic amines) is 1. The van der Waals surface area contributed by atoms with Crippen LogP contribution in [-0.2, 0) is 26.2 Å². The van der Waals surface area contributed by atoms with Crippen molar-refractivity contribution in [2.45, 2.75) is 42.8 Å². The van der Waals surface area contributed by atoms with E-state index in [9.17, 15) is 28.2 Å². The summed E-state index contributed by atoms with van der Waals surface area (Å²) in [4.78, 5) is 24.1. The number of aliphatic hydroxyl groups is 1. The first kappa shape index (κ1) is 23.7. The summed E-state index contributed by atoms with van der Waals surface area (Å²) in [6.07, 6.45) is 0.458. The van der Waals surface area contributed by atoms with Gasteiger partial charge in [-0.2, -0.15) is 0 Å². The number of aliphatic carboxylic acids is 1. The summed E-state index contributed by atoms with van der Waals surface area (Å²) in [6, 6.07) is 6.39. The highest BCUT2D eigenvalue weighted by Crippen LogP contribution is 2.32. The van der Waals surface area contributed by atoms with E-state index in [1.165, 1.54) is 4.31 Å². The first-order chi connectivity index (χ1) is 14.6. The highest BCUT2D eigenvalue weighted by Gasteiger charge is 2.56. The number of sulfonamides is 1. The Morgan fingerprint density at radius 1 is 1.19 bits per heavy atom. The van der Waals surface area contributed by atoms with Crippen molar-refractivity contribution in [1.29, 1.82) is 0 Å². The molecule has 2 heterocycles. The van der Waals surface area contributed by atoms with E-state index in [1.54, 1.807) is 6.07 Å². The van der Waals surface area contributed by atoms with Gasteiger partial charge in [0.1, 0.15) is 5.25 Å². The van der Waals surface area contributed by atoms with Crippen LogP contribution in [0.15, 0.2) is 24.3 Å². The van der Waals surface area contributed by atoms with Crippen LogP contribution in [-0.4, -0.2) is 83.0 Å². The maximum Gasteiger partial charge on any atom is 0.339 e. The smallest absolute Gasteiger partial charge is 0.339 e. The van der Waals surface area contributed by atoms with Gasteiger partial charge in [-0.05, 0) is 30.9 Å². The number of hydrogen-bond donors (Lipinski definition) is 3. The van der Waals surface area contributed by atoms with Crippen molar-refractivity contribution < 1.29 is 33.0 Å². The predicted octanol–water partition coefficient (Wildman–Crippen LogP) is 0.620. The largest absolute Gasteiger partial charge is 0.479 e. The van der Waals surface area contributed by atoms with Crippen molar-refractivity contribution in [3.63, 3.8) is 0 Å². The van der Waals surface area contributed by atoms with Gasteiger partial charge in [-0.15, -0.1) is 0 Å². The number of ether oxygens (including phenoxy) is 1. The molecule has 172 valence electrons. The molecular weight excluding hydrogens is 450 g/mol. The number of amides is 2.